The lowest BCUT2D eigenvalue weighted by molar-refractivity contribution is -0.128. The van der Waals surface area contributed by atoms with Gasteiger partial charge in [0.2, 0.25) is 5.91 Å². The number of carbonyl (C=O) groups excluding carboxylic acids is 1. The van der Waals surface area contributed by atoms with Crippen molar-refractivity contribution < 1.29 is 4.79 Å². The SMILES string of the molecule is CN=C(NCC(=O)N(C)CCc1ccccn1)NCC1(c2ccccc2)CC1. The van der Waals surface area contributed by atoms with Gasteiger partial charge < -0.3 is 15.5 Å². The van der Waals surface area contributed by atoms with Gasteiger partial charge in [0.25, 0.3) is 0 Å². The molecule has 6 nitrogen and oxygen atoms in total. The smallest absolute Gasteiger partial charge is 0.241 e. The van der Waals surface area contributed by atoms with E-state index >= 15 is 0 Å². The van der Waals surface area contributed by atoms with Gasteiger partial charge >= 0.3 is 0 Å². The molecular formula is C22H29N5O. The lowest BCUT2D eigenvalue weighted by atomic mass is 9.96. The molecule has 2 aromatic rings. The summed E-state index contributed by atoms with van der Waals surface area (Å²) in [5.41, 5.74) is 2.55. The Morgan fingerprint density at radius 1 is 1.14 bits per heavy atom. The van der Waals surface area contributed by atoms with Crippen LogP contribution in [0, 0.1) is 0 Å². The number of hydrogen-bond donors (Lipinski definition) is 2. The fourth-order valence-electron chi connectivity index (χ4n) is 3.23. The van der Waals surface area contributed by atoms with E-state index in [2.05, 4.69) is 44.9 Å². The molecule has 6 heteroatoms. The molecular weight excluding hydrogens is 350 g/mol. The summed E-state index contributed by atoms with van der Waals surface area (Å²) in [6.07, 6.45) is 4.87. The van der Waals surface area contributed by atoms with E-state index in [1.807, 2.05) is 31.3 Å². The third-order valence-corrected chi connectivity index (χ3v) is 5.32. The summed E-state index contributed by atoms with van der Waals surface area (Å²) in [5.74, 6) is 0.691. The van der Waals surface area contributed by atoms with Gasteiger partial charge in [-0.15, -0.1) is 0 Å². The van der Waals surface area contributed by atoms with Gasteiger partial charge in [-0.1, -0.05) is 36.4 Å². The number of aliphatic imine (C=N–C) groups is 1. The molecule has 1 amide bonds. The van der Waals surface area contributed by atoms with Crippen molar-refractivity contribution >= 4 is 11.9 Å². The minimum absolute atomic E-state index is 0.0306. The van der Waals surface area contributed by atoms with Gasteiger partial charge in [-0.2, -0.15) is 0 Å². The molecule has 0 atom stereocenters. The number of guanidine groups is 1. The van der Waals surface area contributed by atoms with Crippen LogP contribution in [-0.4, -0.2) is 55.5 Å². The average molecular weight is 380 g/mol. The summed E-state index contributed by atoms with van der Waals surface area (Å²) < 4.78 is 0. The second-order valence-corrected chi connectivity index (χ2v) is 7.31. The zero-order valence-electron chi connectivity index (χ0n) is 16.7. The standard InChI is InChI=1S/C22H29N5O/c1-23-21(26-17-22(12-13-22)18-8-4-3-5-9-18)25-16-20(28)27(2)15-11-19-10-6-7-14-24-19/h3-10,14H,11-13,15-17H2,1-2H3,(H2,23,25,26). The number of hydrogen-bond acceptors (Lipinski definition) is 3. The first kappa shape index (κ1) is 19.9. The number of likely N-dealkylation sites (N-methyl/N-ethyl adjacent to an activating group) is 1. The molecule has 1 saturated carbocycles. The molecule has 1 heterocycles. The van der Waals surface area contributed by atoms with Gasteiger partial charge in [0.1, 0.15) is 0 Å². The fourth-order valence-corrected chi connectivity index (χ4v) is 3.23. The van der Waals surface area contributed by atoms with Crippen LogP contribution in [0.25, 0.3) is 0 Å². The molecule has 3 rings (SSSR count). The molecule has 1 fully saturated rings. The molecule has 0 radical (unpaired) electrons. The van der Waals surface area contributed by atoms with Crippen molar-refractivity contribution in [2.24, 2.45) is 4.99 Å². The summed E-state index contributed by atoms with van der Waals surface area (Å²) >= 11 is 0. The van der Waals surface area contributed by atoms with E-state index < -0.39 is 0 Å². The first-order chi connectivity index (χ1) is 13.6. The van der Waals surface area contributed by atoms with Crippen molar-refractivity contribution in [2.45, 2.75) is 24.7 Å². The van der Waals surface area contributed by atoms with E-state index in [1.54, 1.807) is 18.1 Å². The Bertz CT molecular complexity index is 787. The number of amides is 1. The van der Waals surface area contributed by atoms with Gasteiger partial charge in [0.05, 0.1) is 6.54 Å². The highest BCUT2D eigenvalue weighted by molar-refractivity contribution is 5.86. The molecule has 0 spiro atoms. The maximum Gasteiger partial charge on any atom is 0.241 e. The number of aromatic nitrogens is 1. The lowest BCUT2D eigenvalue weighted by Gasteiger charge is -2.21. The van der Waals surface area contributed by atoms with E-state index in [4.69, 9.17) is 0 Å². The van der Waals surface area contributed by atoms with Crippen molar-refractivity contribution in [3.8, 4) is 0 Å². The van der Waals surface area contributed by atoms with Crippen LogP contribution < -0.4 is 10.6 Å². The van der Waals surface area contributed by atoms with Crippen molar-refractivity contribution in [3.05, 3.63) is 66.0 Å². The number of carbonyl (C=O) groups is 1. The molecule has 0 saturated heterocycles. The zero-order chi connectivity index (χ0) is 19.8. The van der Waals surface area contributed by atoms with Gasteiger partial charge in [-0.25, -0.2) is 0 Å². The predicted molar refractivity (Wildman–Crippen MR) is 112 cm³/mol. The Labute approximate surface area is 167 Å². The van der Waals surface area contributed by atoms with Crippen LogP contribution >= 0.6 is 0 Å². The van der Waals surface area contributed by atoms with Crippen molar-refractivity contribution in [1.82, 2.24) is 20.5 Å². The number of nitrogens with one attached hydrogen (secondary N) is 2. The number of benzene rings is 1. The third kappa shape index (κ3) is 5.31. The van der Waals surface area contributed by atoms with Crippen LogP contribution in [0.1, 0.15) is 24.1 Å². The molecule has 0 aliphatic heterocycles. The molecule has 1 aliphatic carbocycles. The Kier molecular flexibility index (Phi) is 6.63. The summed E-state index contributed by atoms with van der Waals surface area (Å²) in [6.45, 7) is 1.68. The average Bonchev–Trinajstić information content (AvgIpc) is 3.54. The Morgan fingerprint density at radius 3 is 2.54 bits per heavy atom. The maximum atomic E-state index is 12.4. The third-order valence-electron chi connectivity index (χ3n) is 5.32. The van der Waals surface area contributed by atoms with Crippen LogP contribution in [0.4, 0.5) is 0 Å². The van der Waals surface area contributed by atoms with Gasteiger partial charge in [0, 0.05) is 50.9 Å². The van der Waals surface area contributed by atoms with Crippen LogP contribution in [0.5, 0.6) is 0 Å². The van der Waals surface area contributed by atoms with Gasteiger partial charge in [0.15, 0.2) is 5.96 Å². The summed E-state index contributed by atoms with van der Waals surface area (Å²) in [4.78, 5) is 22.6. The highest BCUT2D eigenvalue weighted by Gasteiger charge is 2.44. The largest absolute Gasteiger partial charge is 0.356 e. The van der Waals surface area contributed by atoms with Crippen LogP contribution in [0.2, 0.25) is 0 Å². The summed E-state index contributed by atoms with van der Waals surface area (Å²) in [7, 11) is 3.55. The summed E-state index contributed by atoms with van der Waals surface area (Å²) in [5, 5.41) is 6.51. The number of nitrogens with zero attached hydrogens (tertiary/aromatic N) is 3. The Balaban J connectivity index is 1.42. The molecule has 1 aromatic carbocycles. The van der Waals surface area contributed by atoms with E-state index in [1.165, 1.54) is 18.4 Å². The highest BCUT2D eigenvalue weighted by Crippen LogP contribution is 2.47. The minimum Gasteiger partial charge on any atom is -0.356 e. The van der Waals surface area contributed by atoms with Gasteiger partial charge in [-0.05, 0) is 30.5 Å². The molecule has 148 valence electrons. The highest BCUT2D eigenvalue weighted by atomic mass is 16.2. The number of rotatable bonds is 8. The second kappa shape index (κ2) is 9.35. The van der Waals surface area contributed by atoms with Crippen molar-refractivity contribution in [2.75, 3.05) is 33.7 Å². The monoisotopic (exact) mass is 379 g/mol. The quantitative estimate of drug-likeness (QED) is 0.544. The maximum absolute atomic E-state index is 12.4. The molecule has 2 N–H and O–H groups in total. The molecule has 0 unspecified atom stereocenters. The molecule has 0 bridgehead atoms. The van der Waals surface area contributed by atoms with E-state index in [9.17, 15) is 4.79 Å². The van der Waals surface area contributed by atoms with Crippen LogP contribution in [-0.2, 0) is 16.6 Å². The van der Waals surface area contributed by atoms with E-state index in [0.717, 1.165) is 18.7 Å². The fraction of sp³-hybridized carbons (Fsp3) is 0.409. The topological polar surface area (TPSA) is 69.6 Å². The number of pyridine rings is 1. The first-order valence-corrected chi connectivity index (χ1v) is 9.77. The van der Waals surface area contributed by atoms with E-state index in [-0.39, 0.29) is 17.9 Å². The van der Waals surface area contributed by atoms with Crippen LogP contribution in [0.15, 0.2) is 59.7 Å². The normalized spacial score (nSPS) is 15.0. The molecule has 28 heavy (non-hydrogen) atoms. The van der Waals surface area contributed by atoms with Gasteiger partial charge in [-0.3, -0.25) is 14.8 Å². The summed E-state index contributed by atoms with van der Waals surface area (Å²) in [6, 6.07) is 16.4. The van der Waals surface area contributed by atoms with E-state index in [0.29, 0.717) is 12.5 Å². The molecule has 1 aromatic heterocycles. The Hall–Kier alpha value is -2.89. The van der Waals surface area contributed by atoms with Crippen molar-refractivity contribution in [3.63, 3.8) is 0 Å². The van der Waals surface area contributed by atoms with Crippen molar-refractivity contribution in [1.29, 1.82) is 0 Å². The molecule has 1 aliphatic rings. The Morgan fingerprint density at radius 2 is 1.89 bits per heavy atom. The van der Waals surface area contributed by atoms with Crippen LogP contribution in [0.3, 0.4) is 0 Å². The zero-order valence-corrected chi connectivity index (χ0v) is 16.7. The first-order valence-electron chi connectivity index (χ1n) is 9.77. The minimum atomic E-state index is 0.0306. The lowest BCUT2D eigenvalue weighted by Crippen LogP contribution is -2.45. The second-order valence-electron chi connectivity index (χ2n) is 7.31. The predicted octanol–water partition coefficient (Wildman–Crippen LogP) is 1.98.